The Morgan fingerprint density at radius 2 is 0.865 bits per heavy atom. The average Bonchev–Trinajstić information content (AvgIpc) is 3.83. The van der Waals surface area contributed by atoms with Crippen molar-refractivity contribution in [2.24, 2.45) is 11.5 Å². The average molecular weight is 779 g/mol. The van der Waals surface area contributed by atoms with E-state index in [0.717, 1.165) is 57.8 Å². The predicted molar refractivity (Wildman–Crippen MR) is 215 cm³/mol. The molecule has 2 saturated heterocycles. The van der Waals surface area contributed by atoms with Gasteiger partial charge in [0.1, 0.15) is 12.1 Å². The van der Waals surface area contributed by atoms with Crippen molar-refractivity contribution in [3.05, 3.63) is 0 Å². The van der Waals surface area contributed by atoms with Crippen molar-refractivity contribution in [1.82, 2.24) is 19.2 Å². The first-order valence-electron chi connectivity index (χ1n) is 21.0. The van der Waals surface area contributed by atoms with E-state index in [1.165, 1.54) is 72.8 Å². The van der Waals surface area contributed by atoms with Crippen LogP contribution in [0.2, 0.25) is 0 Å². The molecule has 2 aliphatic rings. The Morgan fingerprint density at radius 1 is 0.519 bits per heavy atom. The van der Waals surface area contributed by atoms with Gasteiger partial charge in [0.2, 0.25) is 31.9 Å². The number of hydrogen-bond acceptors (Lipinski definition) is 8. The molecular formula is C38H78N6O6S2. The topological polar surface area (TPSA) is 185 Å². The molecule has 0 radical (unpaired) electrons. The van der Waals surface area contributed by atoms with Gasteiger partial charge < -0.3 is 22.1 Å². The Morgan fingerprint density at radius 3 is 1.25 bits per heavy atom. The number of hydrogen-bond donors (Lipinski definition) is 4. The summed E-state index contributed by atoms with van der Waals surface area (Å²) in [5.41, 5.74) is 10.9. The largest absolute Gasteiger partial charge is 0.355 e. The molecule has 0 spiro atoms. The maximum atomic E-state index is 12.7. The molecule has 308 valence electrons. The van der Waals surface area contributed by atoms with E-state index in [0.29, 0.717) is 71.4 Å². The van der Waals surface area contributed by atoms with Crippen LogP contribution in [0, 0.1) is 0 Å². The summed E-state index contributed by atoms with van der Waals surface area (Å²) < 4.78 is 53.4. The number of rotatable bonds is 30. The van der Waals surface area contributed by atoms with E-state index in [4.69, 9.17) is 11.5 Å². The molecule has 2 aliphatic heterocycles. The fourth-order valence-electron chi connectivity index (χ4n) is 6.95. The predicted octanol–water partition coefficient (Wildman–Crippen LogP) is 5.55. The van der Waals surface area contributed by atoms with E-state index in [-0.39, 0.29) is 23.3 Å². The number of sulfonamides is 2. The molecule has 2 atom stereocenters. The number of unbranched alkanes of at least 4 members (excludes halogenated alkanes) is 16. The molecule has 2 fully saturated rings. The minimum absolute atomic E-state index is 0.139. The van der Waals surface area contributed by atoms with Crippen molar-refractivity contribution in [3.8, 4) is 0 Å². The van der Waals surface area contributed by atoms with Gasteiger partial charge in [0.15, 0.2) is 0 Å². The molecule has 0 saturated carbocycles. The lowest BCUT2D eigenvalue weighted by atomic mass is 10.1. The first-order chi connectivity index (χ1) is 25.1. The third-order valence-electron chi connectivity index (χ3n) is 10.1. The summed E-state index contributed by atoms with van der Waals surface area (Å²) in [7, 11) is -6.68. The molecule has 12 nitrogen and oxygen atoms in total. The first-order valence-corrected chi connectivity index (χ1v) is 24.2. The lowest BCUT2D eigenvalue weighted by Gasteiger charge is -2.23. The fraction of sp³-hybridized carbons (Fsp3) is 0.947. The van der Waals surface area contributed by atoms with E-state index < -0.39 is 32.1 Å². The number of carbonyl (C=O) groups excluding carboxylic acids is 2. The molecule has 2 rings (SSSR count). The van der Waals surface area contributed by atoms with Crippen LogP contribution in [0.4, 0.5) is 0 Å². The highest BCUT2D eigenvalue weighted by atomic mass is 32.2. The summed E-state index contributed by atoms with van der Waals surface area (Å²) in [4.78, 5) is 24.6. The summed E-state index contributed by atoms with van der Waals surface area (Å²) >= 11 is 0. The zero-order valence-electron chi connectivity index (χ0n) is 33.1. The summed E-state index contributed by atoms with van der Waals surface area (Å²) in [6, 6.07) is -1.05. The van der Waals surface area contributed by atoms with Gasteiger partial charge in [0, 0.05) is 26.2 Å². The highest BCUT2D eigenvalue weighted by Gasteiger charge is 2.39. The van der Waals surface area contributed by atoms with Crippen LogP contribution in [0.3, 0.4) is 0 Å². The van der Waals surface area contributed by atoms with Crippen molar-refractivity contribution in [3.63, 3.8) is 0 Å². The second kappa shape index (κ2) is 30.0. The first kappa shape index (κ1) is 48.7. The molecule has 0 aromatic carbocycles. The van der Waals surface area contributed by atoms with Crippen LogP contribution < -0.4 is 22.1 Å². The lowest BCUT2D eigenvalue weighted by Crippen LogP contribution is -2.46. The van der Waals surface area contributed by atoms with Crippen LogP contribution in [0.1, 0.15) is 168 Å². The van der Waals surface area contributed by atoms with Crippen molar-refractivity contribution in [2.45, 2.75) is 180 Å². The van der Waals surface area contributed by atoms with Crippen LogP contribution in [-0.2, 0) is 29.6 Å². The van der Waals surface area contributed by atoms with Gasteiger partial charge in [-0.25, -0.2) is 16.8 Å². The van der Waals surface area contributed by atoms with Crippen LogP contribution >= 0.6 is 0 Å². The Bertz CT molecular complexity index is 1140. The third-order valence-corrected chi connectivity index (χ3v) is 14.0. The van der Waals surface area contributed by atoms with Gasteiger partial charge in [-0.15, -0.1) is 0 Å². The van der Waals surface area contributed by atoms with Crippen LogP contribution in [0.25, 0.3) is 0 Å². The quantitative estimate of drug-likeness (QED) is 0.0684. The Hall–Kier alpha value is -1.32. The highest BCUT2D eigenvalue weighted by molar-refractivity contribution is 7.89. The normalized spacial score (nSPS) is 18.3. The molecule has 0 aliphatic carbocycles. The summed E-state index contributed by atoms with van der Waals surface area (Å²) in [5, 5.41) is 5.70. The van der Waals surface area contributed by atoms with E-state index in [2.05, 4.69) is 24.5 Å². The van der Waals surface area contributed by atoms with Crippen LogP contribution in [-0.4, -0.2) is 100 Å². The van der Waals surface area contributed by atoms with E-state index in [9.17, 15) is 26.4 Å². The van der Waals surface area contributed by atoms with Crippen molar-refractivity contribution in [2.75, 3.05) is 50.8 Å². The fourth-order valence-corrected chi connectivity index (χ4v) is 10.5. The maximum Gasteiger partial charge on any atom is 0.238 e. The molecular weight excluding hydrogens is 701 g/mol. The van der Waals surface area contributed by atoms with Gasteiger partial charge in [0.05, 0.1) is 11.5 Å². The van der Waals surface area contributed by atoms with Crippen molar-refractivity contribution in [1.29, 1.82) is 0 Å². The molecule has 0 aromatic rings. The minimum atomic E-state index is -3.34. The van der Waals surface area contributed by atoms with Gasteiger partial charge in [-0.1, -0.05) is 110 Å². The zero-order valence-corrected chi connectivity index (χ0v) is 34.7. The van der Waals surface area contributed by atoms with E-state index >= 15 is 0 Å². The lowest BCUT2D eigenvalue weighted by molar-refractivity contribution is -0.124. The zero-order chi connectivity index (χ0) is 38.5. The highest BCUT2D eigenvalue weighted by Crippen LogP contribution is 2.24. The van der Waals surface area contributed by atoms with Crippen LogP contribution in [0.5, 0.6) is 0 Å². The smallest absolute Gasteiger partial charge is 0.238 e. The molecule has 0 aromatic heterocycles. The Balaban J connectivity index is 0.000000522. The van der Waals surface area contributed by atoms with Crippen molar-refractivity contribution < 1.29 is 26.4 Å². The molecule has 6 N–H and O–H groups in total. The van der Waals surface area contributed by atoms with Gasteiger partial charge in [0.25, 0.3) is 0 Å². The number of nitrogens with two attached hydrogens (primary N) is 2. The molecule has 2 heterocycles. The van der Waals surface area contributed by atoms with Gasteiger partial charge in [-0.05, 0) is 70.9 Å². The number of nitrogens with zero attached hydrogens (tertiary/aromatic N) is 2. The SMILES string of the molecule is CCCCCCCCCCS(=O)(=O)N1CCC[C@@H]1C(=O)NCCCCCN.CCCCCCCCCCS(=O)(=O)N1CCC[C@@H]1C(=O)NCCCN. The Labute approximate surface area is 318 Å². The number of amides is 2. The second-order valence-corrected chi connectivity index (χ2v) is 18.8. The minimum Gasteiger partial charge on any atom is -0.355 e. The number of carbonyl (C=O) groups is 2. The molecule has 2 amide bonds. The summed E-state index contributed by atoms with van der Waals surface area (Å²) in [6.45, 7) is 7.65. The third kappa shape index (κ3) is 21.0. The molecule has 52 heavy (non-hydrogen) atoms. The summed E-state index contributed by atoms with van der Waals surface area (Å²) in [5.74, 6) is 0.0155. The monoisotopic (exact) mass is 779 g/mol. The summed E-state index contributed by atoms with van der Waals surface area (Å²) in [6.07, 6.45) is 24.3. The van der Waals surface area contributed by atoms with Gasteiger partial charge >= 0.3 is 0 Å². The van der Waals surface area contributed by atoms with Crippen molar-refractivity contribution >= 4 is 31.9 Å². The van der Waals surface area contributed by atoms with E-state index in [1.807, 2.05) is 0 Å². The molecule has 0 unspecified atom stereocenters. The van der Waals surface area contributed by atoms with Gasteiger partial charge in [-0.2, -0.15) is 8.61 Å². The maximum absolute atomic E-state index is 12.7. The van der Waals surface area contributed by atoms with Crippen LogP contribution in [0.15, 0.2) is 0 Å². The molecule has 14 heteroatoms. The second-order valence-electron chi connectivity index (χ2n) is 14.7. The molecule has 0 bridgehead atoms. The standard InChI is InChI=1S/C20H41N3O3S.C18H37N3O3S/c1-2-3-4-5-6-7-8-12-18-27(25,26)23-17-13-14-19(23)20(24)22-16-11-9-10-15-21;1-2-3-4-5-6-7-8-9-16-25(23,24)21-15-10-12-17(21)18(22)20-14-11-13-19/h19H,2-18,21H2,1H3,(H,22,24);17H,2-16,19H2,1H3,(H,20,22)/t19-;17-/m11/s1. The number of nitrogens with one attached hydrogen (secondary N) is 2. The van der Waals surface area contributed by atoms with Gasteiger partial charge in [-0.3, -0.25) is 9.59 Å². The Kier molecular flexibility index (Phi) is 28.1. The van der Waals surface area contributed by atoms with E-state index in [1.54, 1.807) is 0 Å².